The fraction of sp³-hybridized carbons (Fsp3) is 0.148. The zero-order valence-electron chi connectivity index (χ0n) is 17.3. The van der Waals surface area contributed by atoms with E-state index in [0.717, 1.165) is 6.54 Å². The van der Waals surface area contributed by atoms with E-state index in [4.69, 9.17) is 0 Å². The normalized spacial score (nSPS) is 12.5. The maximum absolute atomic E-state index is 2.46. The van der Waals surface area contributed by atoms with E-state index < -0.39 is 0 Å². The molecule has 0 bridgehead atoms. The molecule has 30 heavy (non-hydrogen) atoms. The van der Waals surface area contributed by atoms with Gasteiger partial charge in [0.25, 0.3) is 0 Å². The molecule has 1 aliphatic heterocycles. The van der Waals surface area contributed by atoms with Crippen LogP contribution in [0.5, 0.6) is 0 Å². The minimum absolute atomic E-state index is 0.466. The maximum atomic E-state index is 2.46. The molecule has 3 nitrogen and oxygen atoms in total. The largest absolute Gasteiger partial charge is 0.313 e. The van der Waals surface area contributed by atoms with Gasteiger partial charge in [-0.2, -0.15) is 4.57 Å². The van der Waals surface area contributed by atoms with Crippen molar-refractivity contribution in [2.24, 2.45) is 0 Å². The van der Waals surface area contributed by atoms with Crippen molar-refractivity contribution >= 4 is 11.0 Å². The van der Waals surface area contributed by atoms with E-state index in [1.54, 1.807) is 0 Å². The van der Waals surface area contributed by atoms with Crippen LogP contribution < -0.4 is 4.57 Å². The molecular formula is C27H24N3+. The third-order valence-electron chi connectivity index (χ3n) is 6.22. The minimum Gasteiger partial charge on any atom is -0.310 e. The van der Waals surface area contributed by atoms with Crippen molar-refractivity contribution in [2.75, 3.05) is 0 Å². The Labute approximate surface area is 176 Å². The molecule has 0 saturated carbocycles. The van der Waals surface area contributed by atoms with Gasteiger partial charge < -0.3 is 4.57 Å². The summed E-state index contributed by atoms with van der Waals surface area (Å²) in [6.07, 6.45) is 2.24. The molecule has 3 heterocycles. The smallest absolute Gasteiger partial charge is 0.310 e. The number of benzene rings is 3. The Kier molecular flexibility index (Phi) is 3.72. The predicted octanol–water partition coefficient (Wildman–Crippen LogP) is 5.86. The summed E-state index contributed by atoms with van der Waals surface area (Å²) in [5.74, 6) is 1.72. The van der Waals surface area contributed by atoms with Crippen LogP contribution in [0.1, 0.15) is 30.9 Å². The first-order valence-electron chi connectivity index (χ1n) is 10.6. The van der Waals surface area contributed by atoms with Crippen molar-refractivity contribution in [2.45, 2.75) is 26.3 Å². The molecule has 0 amide bonds. The lowest BCUT2D eigenvalue weighted by Gasteiger charge is -2.15. The van der Waals surface area contributed by atoms with Crippen molar-refractivity contribution in [1.82, 2.24) is 9.13 Å². The first-order chi connectivity index (χ1) is 14.7. The Morgan fingerprint density at radius 2 is 1.53 bits per heavy atom. The second-order valence-electron chi connectivity index (χ2n) is 8.34. The van der Waals surface area contributed by atoms with Crippen molar-refractivity contribution in [3.63, 3.8) is 0 Å². The highest BCUT2D eigenvalue weighted by Gasteiger charge is 2.37. The highest BCUT2D eigenvalue weighted by atomic mass is 15.2. The van der Waals surface area contributed by atoms with Gasteiger partial charge in [-0.25, -0.2) is 4.57 Å². The first kappa shape index (κ1) is 17.3. The molecule has 0 radical (unpaired) electrons. The zero-order valence-corrected chi connectivity index (χ0v) is 17.3. The molecule has 0 atom stereocenters. The van der Waals surface area contributed by atoms with Crippen molar-refractivity contribution < 1.29 is 4.57 Å². The summed E-state index contributed by atoms with van der Waals surface area (Å²) in [7, 11) is 0. The van der Waals surface area contributed by atoms with E-state index in [1.165, 1.54) is 45.1 Å². The molecule has 6 rings (SSSR count). The van der Waals surface area contributed by atoms with Crippen LogP contribution in [0.2, 0.25) is 0 Å². The molecule has 0 aliphatic carbocycles. The van der Waals surface area contributed by atoms with E-state index in [-0.39, 0.29) is 0 Å². The monoisotopic (exact) mass is 390 g/mol. The molecule has 1 aliphatic rings. The molecule has 3 aromatic carbocycles. The summed E-state index contributed by atoms with van der Waals surface area (Å²) in [6, 6.07) is 30.5. The minimum atomic E-state index is 0.466. The van der Waals surface area contributed by atoms with Crippen LogP contribution in [0, 0.1) is 0 Å². The fourth-order valence-electron chi connectivity index (χ4n) is 4.88. The van der Waals surface area contributed by atoms with Gasteiger partial charge in [-0.3, -0.25) is 0 Å². The van der Waals surface area contributed by atoms with Crippen LogP contribution >= 0.6 is 0 Å². The van der Waals surface area contributed by atoms with Gasteiger partial charge in [-0.15, -0.1) is 0 Å². The van der Waals surface area contributed by atoms with Gasteiger partial charge in [0.05, 0.1) is 0 Å². The molecule has 0 fully saturated rings. The van der Waals surface area contributed by atoms with Gasteiger partial charge in [-0.1, -0.05) is 62.4 Å². The van der Waals surface area contributed by atoms with E-state index >= 15 is 0 Å². The van der Waals surface area contributed by atoms with Crippen LogP contribution in [0.4, 0.5) is 0 Å². The van der Waals surface area contributed by atoms with E-state index in [2.05, 4.69) is 119 Å². The average Bonchev–Trinajstić information content (AvgIpc) is 3.43. The number of hydrogen-bond donors (Lipinski definition) is 0. The molecule has 0 N–H and O–H groups in total. The first-order valence-corrected chi connectivity index (χ1v) is 10.6. The Hall–Kier alpha value is -3.59. The lowest BCUT2D eigenvalue weighted by Crippen LogP contribution is -2.31. The van der Waals surface area contributed by atoms with Gasteiger partial charge in [0.1, 0.15) is 17.9 Å². The second kappa shape index (κ2) is 6.46. The van der Waals surface area contributed by atoms with Gasteiger partial charge in [0, 0.05) is 17.4 Å². The number of nitrogens with zero attached hydrogens (tertiary/aromatic N) is 3. The number of rotatable bonds is 3. The molecule has 2 aromatic heterocycles. The van der Waals surface area contributed by atoms with Crippen LogP contribution in [-0.4, -0.2) is 9.13 Å². The number of para-hydroxylation sites is 4. The fourth-order valence-corrected chi connectivity index (χ4v) is 4.88. The SMILES string of the molecule is CC(C)c1ccccc1-n1ccc2c1-c1n(-c3ccccc3)c3ccccc3[n+]1C2. The van der Waals surface area contributed by atoms with Crippen molar-refractivity contribution in [3.05, 3.63) is 102 Å². The number of imidazole rings is 1. The average molecular weight is 391 g/mol. The Morgan fingerprint density at radius 3 is 2.37 bits per heavy atom. The van der Waals surface area contributed by atoms with E-state index in [1.807, 2.05) is 0 Å². The summed E-state index contributed by atoms with van der Waals surface area (Å²) >= 11 is 0. The Morgan fingerprint density at radius 1 is 0.800 bits per heavy atom. The summed E-state index contributed by atoms with van der Waals surface area (Å²) in [4.78, 5) is 0. The van der Waals surface area contributed by atoms with Crippen molar-refractivity contribution in [1.29, 1.82) is 0 Å². The maximum Gasteiger partial charge on any atom is 0.313 e. The molecule has 0 spiro atoms. The lowest BCUT2D eigenvalue weighted by atomic mass is 10.0. The molecule has 3 heteroatoms. The quantitative estimate of drug-likeness (QED) is 0.336. The molecular weight excluding hydrogens is 366 g/mol. The Balaban J connectivity index is 1.69. The van der Waals surface area contributed by atoms with Crippen LogP contribution in [0.3, 0.4) is 0 Å². The molecule has 0 unspecified atom stereocenters. The van der Waals surface area contributed by atoms with Crippen LogP contribution in [-0.2, 0) is 6.54 Å². The van der Waals surface area contributed by atoms with Crippen molar-refractivity contribution in [3.8, 4) is 22.9 Å². The van der Waals surface area contributed by atoms with E-state index in [0.29, 0.717) is 5.92 Å². The highest BCUT2D eigenvalue weighted by Crippen LogP contribution is 2.37. The predicted molar refractivity (Wildman–Crippen MR) is 121 cm³/mol. The number of aromatic nitrogens is 3. The summed E-state index contributed by atoms with van der Waals surface area (Å²) < 4.78 is 7.26. The van der Waals surface area contributed by atoms with Gasteiger partial charge in [-0.05, 0) is 47.9 Å². The number of hydrogen-bond acceptors (Lipinski definition) is 0. The number of fused-ring (bicyclic) bond motifs is 5. The highest BCUT2D eigenvalue weighted by molar-refractivity contribution is 5.80. The standard InChI is InChI=1S/C27H24N3/c1-19(2)22-12-6-7-13-23(22)28-17-16-20-18-29-24-14-8-9-15-25(24)30(27(29)26(20)28)21-10-4-3-5-11-21/h3-17,19H,18H2,1-2H3/q+1. The molecule has 146 valence electrons. The van der Waals surface area contributed by atoms with Crippen LogP contribution in [0.25, 0.3) is 33.9 Å². The van der Waals surface area contributed by atoms with E-state index in [9.17, 15) is 0 Å². The summed E-state index contributed by atoms with van der Waals surface area (Å²) in [5, 5.41) is 0. The summed E-state index contributed by atoms with van der Waals surface area (Å²) in [5.41, 5.74) is 9.02. The lowest BCUT2D eigenvalue weighted by molar-refractivity contribution is -0.646. The summed E-state index contributed by atoms with van der Waals surface area (Å²) in [6.45, 7) is 5.44. The third-order valence-corrected chi connectivity index (χ3v) is 6.22. The Bertz CT molecular complexity index is 1390. The molecule has 0 saturated heterocycles. The third kappa shape index (κ3) is 2.35. The second-order valence-corrected chi connectivity index (χ2v) is 8.34. The van der Waals surface area contributed by atoms with Gasteiger partial charge >= 0.3 is 5.82 Å². The zero-order chi connectivity index (χ0) is 20.2. The van der Waals surface area contributed by atoms with Gasteiger partial charge in [0.15, 0.2) is 11.0 Å². The van der Waals surface area contributed by atoms with Gasteiger partial charge in [0.2, 0.25) is 0 Å². The topological polar surface area (TPSA) is 13.7 Å². The molecule has 5 aromatic rings. The van der Waals surface area contributed by atoms with Crippen LogP contribution in [0.15, 0.2) is 91.1 Å².